The van der Waals surface area contributed by atoms with E-state index in [-0.39, 0.29) is 11.4 Å². The molecule has 1 unspecified atom stereocenters. The maximum absolute atomic E-state index is 13.3. The number of Topliss-reactive ketones (excluding diaryl/α,β-unsaturated/α-hetero) is 1. The molecule has 5 heteroatoms. The van der Waals surface area contributed by atoms with Crippen LogP contribution in [0.15, 0.2) is 83.4 Å². The number of hydrogen-bond acceptors (Lipinski definition) is 4. The third-order valence-electron chi connectivity index (χ3n) is 5.70. The van der Waals surface area contributed by atoms with Crippen LogP contribution in [0.4, 0.5) is 0 Å². The Labute approximate surface area is 186 Å². The van der Waals surface area contributed by atoms with Gasteiger partial charge in [-0.3, -0.25) is 9.59 Å². The molecule has 3 aromatic rings. The molecule has 0 saturated carbocycles. The molecule has 1 aromatic heterocycles. The zero-order chi connectivity index (χ0) is 22.0. The van der Waals surface area contributed by atoms with Crippen molar-refractivity contribution in [1.82, 2.24) is 4.90 Å². The van der Waals surface area contributed by atoms with Crippen LogP contribution in [-0.2, 0) is 11.2 Å². The standard InChI is InChI=1S/C26H25NO3S/c1-17(2)19-10-12-20(13-11-19)23-22(24(28)21-9-6-16-31-21)25(29)26(30)27(23)15-14-18-7-4-3-5-8-18/h3-13,16-17,23,29H,14-15H2,1-2H3. The number of amides is 1. The van der Waals surface area contributed by atoms with Crippen molar-refractivity contribution in [3.8, 4) is 0 Å². The maximum Gasteiger partial charge on any atom is 0.290 e. The first-order chi connectivity index (χ1) is 15.0. The molecule has 1 atom stereocenters. The highest BCUT2D eigenvalue weighted by Crippen LogP contribution is 2.39. The van der Waals surface area contributed by atoms with E-state index < -0.39 is 17.7 Å². The van der Waals surface area contributed by atoms with Crippen LogP contribution in [0.2, 0.25) is 0 Å². The molecule has 0 fully saturated rings. The molecule has 2 aromatic carbocycles. The molecule has 0 aliphatic carbocycles. The predicted molar refractivity (Wildman–Crippen MR) is 123 cm³/mol. The number of nitrogens with zero attached hydrogens (tertiary/aromatic N) is 1. The minimum Gasteiger partial charge on any atom is -0.503 e. The van der Waals surface area contributed by atoms with Gasteiger partial charge in [-0.05, 0) is 40.5 Å². The van der Waals surface area contributed by atoms with Gasteiger partial charge in [0.1, 0.15) is 0 Å². The van der Waals surface area contributed by atoms with Crippen LogP contribution < -0.4 is 0 Å². The summed E-state index contributed by atoms with van der Waals surface area (Å²) in [5.74, 6) is -0.844. The highest BCUT2D eigenvalue weighted by atomic mass is 32.1. The Morgan fingerprint density at radius 1 is 1.03 bits per heavy atom. The molecule has 2 heterocycles. The summed E-state index contributed by atoms with van der Waals surface area (Å²) in [6.45, 7) is 4.65. The van der Waals surface area contributed by atoms with Crippen LogP contribution in [0.1, 0.15) is 52.2 Å². The van der Waals surface area contributed by atoms with Crippen molar-refractivity contribution in [3.63, 3.8) is 0 Å². The Morgan fingerprint density at radius 3 is 2.35 bits per heavy atom. The second-order valence-corrected chi connectivity index (χ2v) is 8.97. The molecule has 4 nitrogen and oxygen atoms in total. The van der Waals surface area contributed by atoms with Crippen molar-refractivity contribution in [1.29, 1.82) is 0 Å². The SMILES string of the molecule is CC(C)c1ccc(C2C(C(=O)c3cccs3)=C(O)C(=O)N2CCc2ccccc2)cc1. The lowest BCUT2D eigenvalue weighted by Gasteiger charge is -2.27. The number of aliphatic hydroxyl groups is 1. The first-order valence-corrected chi connectivity index (χ1v) is 11.3. The molecule has 0 radical (unpaired) electrons. The van der Waals surface area contributed by atoms with Crippen molar-refractivity contribution < 1.29 is 14.7 Å². The summed E-state index contributed by atoms with van der Waals surface area (Å²) in [6.07, 6.45) is 0.640. The number of carbonyl (C=O) groups is 2. The van der Waals surface area contributed by atoms with Gasteiger partial charge in [-0.1, -0.05) is 74.5 Å². The highest BCUT2D eigenvalue weighted by Gasteiger charge is 2.43. The van der Waals surface area contributed by atoms with Gasteiger partial charge >= 0.3 is 0 Å². The van der Waals surface area contributed by atoms with Gasteiger partial charge in [0.15, 0.2) is 5.76 Å². The van der Waals surface area contributed by atoms with E-state index in [0.29, 0.717) is 23.8 Å². The van der Waals surface area contributed by atoms with E-state index in [0.717, 1.165) is 11.1 Å². The van der Waals surface area contributed by atoms with Crippen molar-refractivity contribution in [2.75, 3.05) is 6.54 Å². The molecule has 0 spiro atoms. The topological polar surface area (TPSA) is 57.6 Å². The van der Waals surface area contributed by atoms with Crippen molar-refractivity contribution in [3.05, 3.63) is 105 Å². The quantitative estimate of drug-likeness (QED) is 0.489. The molecule has 158 valence electrons. The van der Waals surface area contributed by atoms with Crippen molar-refractivity contribution in [2.24, 2.45) is 0 Å². The third kappa shape index (κ3) is 4.19. The Morgan fingerprint density at radius 2 is 1.74 bits per heavy atom. The smallest absolute Gasteiger partial charge is 0.290 e. The fourth-order valence-electron chi connectivity index (χ4n) is 3.96. The monoisotopic (exact) mass is 431 g/mol. The minimum atomic E-state index is -0.605. The summed E-state index contributed by atoms with van der Waals surface area (Å²) >= 11 is 1.31. The zero-order valence-corrected chi connectivity index (χ0v) is 18.4. The summed E-state index contributed by atoms with van der Waals surface area (Å²) < 4.78 is 0. The minimum absolute atomic E-state index is 0.165. The number of carbonyl (C=O) groups excluding carboxylic acids is 2. The third-order valence-corrected chi connectivity index (χ3v) is 6.56. The van der Waals surface area contributed by atoms with Gasteiger partial charge in [0.2, 0.25) is 5.78 Å². The zero-order valence-electron chi connectivity index (χ0n) is 17.6. The lowest BCUT2D eigenvalue weighted by molar-refractivity contribution is -0.129. The predicted octanol–water partition coefficient (Wildman–Crippen LogP) is 5.69. The number of ketones is 1. The van der Waals surface area contributed by atoms with E-state index in [2.05, 4.69) is 13.8 Å². The second kappa shape index (κ2) is 8.90. The van der Waals surface area contributed by atoms with E-state index in [4.69, 9.17) is 0 Å². The molecular weight excluding hydrogens is 406 g/mol. The first-order valence-electron chi connectivity index (χ1n) is 10.4. The molecule has 4 rings (SSSR count). The first kappa shape index (κ1) is 21.1. The highest BCUT2D eigenvalue weighted by molar-refractivity contribution is 7.12. The Hall–Kier alpha value is -3.18. The fraction of sp³-hybridized carbons (Fsp3) is 0.231. The Balaban J connectivity index is 1.71. The van der Waals surface area contributed by atoms with Crippen LogP contribution in [0, 0.1) is 0 Å². The molecule has 31 heavy (non-hydrogen) atoms. The number of benzene rings is 2. The number of hydrogen-bond donors (Lipinski definition) is 1. The Bertz CT molecular complexity index is 1100. The average molecular weight is 432 g/mol. The van der Waals surface area contributed by atoms with Gasteiger partial charge in [-0.25, -0.2) is 0 Å². The molecular formula is C26H25NO3S. The second-order valence-electron chi connectivity index (χ2n) is 8.03. The largest absolute Gasteiger partial charge is 0.503 e. The van der Waals surface area contributed by atoms with Gasteiger partial charge in [0.05, 0.1) is 16.5 Å². The molecule has 1 aliphatic rings. The van der Waals surface area contributed by atoms with E-state index in [1.165, 1.54) is 16.9 Å². The lowest BCUT2D eigenvalue weighted by Crippen LogP contribution is -2.33. The summed E-state index contributed by atoms with van der Waals surface area (Å²) in [6, 6.07) is 20.8. The van der Waals surface area contributed by atoms with Gasteiger partial charge in [-0.2, -0.15) is 0 Å². The van der Waals surface area contributed by atoms with Crippen molar-refractivity contribution in [2.45, 2.75) is 32.2 Å². The number of thiophene rings is 1. The molecule has 1 amide bonds. The summed E-state index contributed by atoms with van der Waals surface area (Å²) in [4.78, 5) is 28.4. The summed E-state index contributed by atoms with van der Waals surface area (Å²) in [7, 11) is 0. The summed E-state index contributed by atoms with van der Waals surface area (Å²) in [5, 5.41) is 12.6. The van der Waals surface area contributed by atoms with Gasteiger partial charge in [0.25, 0.3) is 5.91 Å². The summed E-state index contributed by atoms with van der Waals surface area (Å²) in [5.41, 5.74) is 3.28. The van der Waals surface area contributed by atoms with Crippen LogP contribution in [0.5, 0.6) is 0 Å². The Kier molecular flexibility index (Phi) is 6.05. The van der Waals surface area contributed by atoms with Crippen LogP contribution in [0.25, 0.3) is 0 Å². The fourth-order valence-corrected chi connectivity index (χ4v) is 4.64. The van der Waals surface area contributed by atoms with E-state index in [1.54, 1.807) is 17.0 Å². The molecule has 1 aliphatic heterocycles. The lowest BCUT2D eigenvalue weighted by atomic mass is 9.93. The van der Waals surface area contributed by atoms with Crippen LogP contribution in [0.3, 0.4) is 0 Å². The number of aliphatic hydroxyl groups excluding tert-OH is 1. The molecule has 0 saturated heterocycles. The van der Waals surface area contributed by atoms with Crippen LogP contribution >= 0.6 is 11.3 Å². The normalized spacial score (nSPS) is 16.4. The number of rotatable bonds is 7. The van der Waals surface area contributed by atoms with Gasteiger partial charge < -0.3 is 10.0 Å². The molecule has 0 bridgehead atoms. The van der Waals surface area contributed by atoms with E-state index in [1.807, 2.05) is 60.0 Å². The van der Waals surface area contributed by atoms with E-state index >= 15 is 0 Å². The van der Waals surface area contributed by atoms with Crippen LogP contribution in [-0.4, -0.2) is 28.2 Å². The maximum atomic E-state index is 13.3. The van der Waals surface area contributed by atoms with Crippen molar-refractivity contribution >= 4 is 23.0 Å². The average Bonchev–Trinajstić information content (AvgIpc) is 3.41. The van der Waals surface area contributed by atoms with Gasteiger partial charge in [-0.15, -0.1) is 11.3 Å². The van der Waals surface area contributed by atoms with Gasteiger partial charge in [0, 0.05) is 6.54 Å². The molecule has 1 N–H and O–H groups in total. The van der Waals surface area contributed by atoms with E-state index in [9.17, 15) is 14.7 Å².